The average molecular weight is 513 g/mol. The molecule has 0 fully saturated rings. The van der Waals surface area contributed by atoms with Crippen molar-refractivity contribution in [2.24, 2.45) is 5.92 Å². The Hall–Kier alpha value is -3.69. The van der Waals surface area contributed by atoms with Gasteiger partial charge in [0.15, 0.2) is 5.15 Å². The summed E-state index contributed by atoms with van der Waals surface area (Å²) in [7, 11) is 0. The van der Waals surface area contributed by atoms with Crippen LogP contribution in [0.15, 0.2) is 54.6 Å². The minimum Gasteiger partial charge on any atom is -0.478 e. The smallest absolute Gasteiger partial charge is 0.335 e. The number of carboxylic acids is 1. The van der Waals surface area contributed by atoms with Gasteiger partial charge in [0.1, 0.15) is 11.7 Å². The van der Waals surface area contributed by atoms with Crippen LogP contribution in [0.2, 0.25) is 5.15 Å². The number of aromatic carboxylic acids is 1. The number of amides is 2. The van der Waals surface area contributed by atoms with Crippen LogP contribution in [0.25, 0.3) is 0 Å². The summed E-state index contributed by atoms with van der Waals surface area (Å²) in [5.41, 5.74) is 3.79. The van der Waals surface area contributed by atoms with E-state index in [9.17, 15) is 19.5 Å². The standard InChI is InChI=1S/C26H29ClN4O5/c1-2-3-12-22-29-23(27)21(31(22)16-18-10-7-11-19(13-18)26(34)35)15-28-24(32)20(25(33)30-36)14-17-8-5-4-6-9-17/h4-11,13,20,36H,2-3,12,14-16H2,1H3,(H,28,32)(H,30,33)(H,34,35). The number of carbonyl (C=O) groups is 3. The molecule has 1 atom stereocenters. The molecule has 0 aliphatic heterocycles. The average Bonchev–Trinajstić information content (AvgIpc) is 3.18. The summed E-state index contributed by atoms with van der Waals surface area (Å²) in [5, 5.41) is 21.5. The molecule has 36 heavy (non-hydrogen) atoms. The Kier molecular flexibility index (Phi) is 9.61. The number of nitrogens with one attached hydrogen (secondary N) is 2. The normalized spacial score (nSPS) is 11.6. The highest BCUT2D eigenvalue weighted by molar-refractivity contribution is 6.30. The maximum absolute atomic E-state index is 13.0. The fourth-order valence-electron chi connectivity index (χ4n) is 3.90. The predicted octanol–water partition coefficient (Wildman–Crippen LogP) is 3.61. The molecule has 0 radical (unpaired) electrons. The third-order valence-corrected chi connectivity index (χ3v) is 6.13. The van der Waals surface area contributed by atoms with Gasteiger partial charge in [-0.2, -0.15) is 0 Å². The molecule has 2 amide bonds. The quantitative estimate of drug-likeness (QED) is 0.166. The molecule has 9 nitrogen and oxygen atoms in total. The van der Waals surface area contributed by atoms with Gasteiger partial charge in [-0.3, -0.25) is 14.8 Å². The zero-order chi connectivity index (χ0) is 26.1. The summed E-state index contributed by atoms with van der Waals surface area (Å²) in [6.07, 6.45) is 2.59. The van der Waals surface area contributed by atoms with Crippen molar-refractivity contribution in [2.45, 2.75) is 45.7 Å². The minimum absolute atomic E-state index is 0.000584. The van der Waals surface area contributed by atoms with E-state index >= 15 is 0 Å². The van der Waals surface area contributed by atoms with E-state index in [0.29, 0.717) is 18.7 Å². The molecule has 1 heterocycles. The van der Waals surface area contributed by atoms with Crippen molar-refractivity contribution in [3.8, 4) is 0 Å². The van der Waals surface area contributed by atoms with Crippen LogP contribution in [-0.4, -0.2) is 37.6 Å². The van der Waals surface area contributed by atoms with E-state index in [1.54, 1.807) is 41.9 Å². The predicted molar refractivity (Wildman–Crippen MR) is 134 cm³/mol. The molecule has 3 rings (SSSR count). The molecule has 2 aromatic carbocycles. The van der Waals surface area contributed by atoms with Crippen molar-refractivity contribution < 1.29 is 24.7 Å². The Morgan fingerprint density at radius 1 is 1.06 bits per heavy atom. The van der Waals surface area contributed by atoms with Crippen molar-refractivity contribution in [2.75, 3.05) is 0 Å². The fraction of sp³-hybridized carbons (Fsp3) is 0.308. The largest absolute Gasteiger partial charge is 0.478 e. The van der Waals surface area contributed by atoms with Gasteiger partial charge < -0.3 is 15.0 Å². The topological polar surface area (TPSA) is 134 Å². The summed E-state index contributed by atoms with van der Waals surface area (Å²) in [5.74, 6) is -2.84. The van der Waals surface area contributed by atoms with Crippen molar-refractivity contribution in [1.29, 1.82) is 0 Å². The summed E-state index contributed by atoms with van der Waals surface area (Å²) >= 11 is 6.46. The second-order valence-corrected chi connectivity index (χ2v) is 8.75. The van der Waals surface area contributed by atoms with Crippen LogP contribution in [0.4, 0.5) is 0 Å². The van der Waals surface area contributed by atoms with E-state index in [1.807, 2.05) is 16.7 Å². The maximum Gasteiger partial charge on any atom is 0.335 e. The SMILES string of the molecule is CCCCc1nc(Cl)c(CNC(=O)C(Cc2ccccc2)C(=O)NO)n1Cc1cccc(C(=O)O)c1. The van der Waals surface area contributed by atoms with Gasteiger partial charge in [-0.05, 0) is 36.1 Å². The molecule has 0 saturated carbocycles. The molecule has 0 aliphatic carbocycles. The number of carbonyl (C=O) groups excluding carboxylic acids is 2. The fourth-order valence-corrected chi connectivity index (χ4v) is 4.16. The number of aromatic nitrogens is 2. The van der Waals surface area contributed by atoms with Crippen LogP contribution in [0, 0.1) is 5.92 Å². The Morgan fingerprint density at radius 3 is 2.44 bits per heavy atom. The number of rotatable bonds is 12. The van der Waals surface area contributed by atoms with Crippen LogP contribution in [-0.2, 0) is 35.5 Å². The van der Waals surface area contributed by atoms with Gasteiger partial charge in [-0.1, -0.05) is 67.4 Å². The third kappa shape index (κ3) is 6.93. The first-order valence-electron chi connectivity index (χ1n) is 11.7. The number of unbranched alkanes of at least 4 members (excludes halogenated alkanes) is 1. The summed E-state index contributed by atoms with van der Waals surface area (Å²) in [6, 6.07) is 15.6. The second kappa shape index (κ2) is 12.9. The Balaban J connectivity index is 1.84. The maximum atomic E-state index is 13.0. The van der Waals surface area contributed by atoms with Crippen LogP contribution in [0.3, 0.4) is 0 Å². The van der Waals surface area contributed by atoms with E-state index in [-0.39, 0.29) is 23.7 Å². The lowest BCUT2D eigenvalue weighted by atomic mass is 9.98. The van der Waals surface area contributed by atoms with Crippen molar-refractivity contribution >= 4 is 29.4 Å². The molecule has 0 aliphatic rings. The first-order chi connectivity index (χ1) is 17.3. The van der Waals surface area contributed by atoms with Gasteiger partial charge >= 0.3 is 5.97 Å². The van der Waals surface area contributed by atoms with E-state index in [1.165, 1.54) is 6.07 Å². The van der Waals surface area contributed by atoms with Gasteiger partial charge in [-0.25, -0.2) is 15.3 Å². The number of hydroxylamine groups is 1. The van der Waals surface area contributed by atoms with Crippen molar-refractivity contribution in [3.63, 3.8) is 0 Å². The van der Waals surface area contributed by atoms with E-state index in [2.05, 4.69) is 17.2 Å². The molecule has 0 bridgehead atoms. The monoisotopic (exact) mass is 512 g/mol. The number of imidazole rings is 1. The van der Waals surface area contributed by atoms with Gasteiger partial charge in [-0.15, -0.1) is 0 Å². The molecule has 1 unspecified atom stereocenters. The van der Waals surface area contributed by atoms with Crippen molar-refractivity contribution in [1.82, 2.24) is 20.3 Å². The number of benzene rings is 2. The highest BCUT2D eigenvalue weighted by Crippen LogP contribution is 2.22. The van der Waals surface area contributed by atoms with Gasteiger partial charge in [0.05, 0.1) is 17.8 Å². The van der Waals surface area contributed by atoms with Gasteiger partial charge in [0, 0.05) is 13.0 Å². The lowest BCUT2D eigenvalue weighted by molar-refractivity contribution is -0.140. The lowest BCUT2D eigenvalue weighted by Gasteiger charge is -2.17. The number of nitrogens with zero attached hydrogens (tertiary/aromatic N) is 2. The van der Waals surface area contributed by atoms with E-state index in [0.717, 1.165) is 29.8 Å². The number of carboxylic acid groups (broad SMARTS) is 1. The Bertz CT molecular complexity index is 1210. The van der Waals surface area contributed by atoms with E-state index < -0.39 is 23.7 Å². The first-order valence-corrected chi connectivity index (χ1v) is 12.0. The Labute approximate surface area is 214 Å². The molecule has 0 saturated heterocycles. The third-order valence-electron chi connectivity index (χ3n) is 5.83. The number of aryl methyl sites for hydroxylation is 1. The van der Waals surface area contributed by atoms with Crippen LogP contribution >= 0.6 is 11.6 Å². The highest BCUT2D eigenvalue weighted by atomic mass is 35.5. The molecule has 190 valence electrons. The van der Waals surface area contributed by atoms with Gasteiger partial charge in [0.2, 0.25) is 5.91 Å². The molecule has 3 aromatic rings. The number of hydrogen-bond donors (Lipinski definition) is 4. The van der Waals surface area contributed by atoms with Crippen LogP contribution in [0.5, 0.6) is 0 Å². The second-order valence-electron chi connectivity index (χ2n) is 8.40. The Morgan fingerprint density at radius 2 is 1.78 bits per heavy atom. The first kappa shape index (κ1) is 26.9. The summed E-state index contributed by atoms with van der Waals surface area (Å²) < 4.78 is 1.87. The zero-order valence-corrected chi connectivity index (χ0v) is 20.7. The van der Waals surface area contributed by atoms with Crippen LogP contribution in [0.1, 0.15) is 52.8 Å². The molecular formula is C26H29ClN4O5. The zero-order valence-electron chi connectivity index (χ0n) is 19.9. The highest BCUT2D eigenvalue weighted by Gasteiger charge is 2.27. The summed E-state index contributed by atoms with van der Waals surface area (Å²) in [6.45, 7) is 2.38. The lowest BCUT2D eigenvalue weighted by Crippen LogP contribution is -2.41. The number of hydrogen-bond acceptors (Lipinski definition) is 5. The molecule has 1 aromatic heterocycles. The van der Waals surface area contributed by atoms with Crippen molar-refractivity contribution in [3.05, 3.63) is 88.0 Å². The van der Waals surface area contributed by atoms with E-state index in [4.69, 9.17) is 16.8 Å². The molecule has 4 N–H and O–H groups in total. The van der Waals surface area contributed by atoms with Crippen LogP contribution < -0.4 is 10.8 Å². The molecule has 10 heteroatoms. The number of halogens is 1. The molecular weight excluding hydrogens is 484 g/mol. The minimum atomic E-state index is -1.15. The van der Waals surface area contributed by atoms with Gasteiger partial charge in [0.25, 0.3) is 5.91 Å². The molecule has 0 spiro atoms. The summed E-state index contributed by atoms with van der Waals surface area (Å²) in [4.78, 5) is 41.1.